The van der Waals surface area contributed by atoms with Crippen LogP contribution in [-0.2, 0) is 9.47 Å². The van der Waals surface area contributed by atoms with Gasteiger partial charge in [0.25, 0.3) is 0 Å². The lowest BCUT2D eigenvalue weighted by Gasteiger charge is -2.44. The van der Waals surface area contributed by atoms with Crippen LogP contribution < -0.4 is 5.32 Å². The highest BCUT2D eigenvalue weighted by molar-refractivity contribution is 4.92. The molecule has 2 aliphatic heterocycles. The van der Waals surface area contributed by atoms with Crippen LogP contribution in [0.5, 0.6) is 0 Å². The van der Waals surface area contributed by atoms with Gasteiger partial charge in [-0.15, -0.1) is 0 Å². The van der Waals surface area contributed by atoms with Gasteiger partial charge in [0.1, 0.15) is 0 Å². The monoisotopic (exact) mass is 282 g/mol. The van der Waals surface area contributed by atoms with Crippen molar-refractivity contribution >= 4 is 0 Å². The van der Waals surface area contributed by atoms with Crippen LogP contribution in [0.1, 0.15) is 39.5 Å². The van der Waals surface area contributed by atoms with Gasteiger partial charge in [0, 0.05) is 44.2 Å². The van der Waals surface area contributed by atoms with Crippen LogP contribution in [0.4, 0.5) is 0 Å². The molecule has 0 amide bonds. The normalized spacial score (nSPS) is 39.9. The van der Waals surface area contributed by atoms with E-state index in [1.165, 1.54) is 25.7 Å². The first kappa shape index (κ1) is 14.8. The van der Waals surface area contributed by atoms with Crippen LogP contribution in [-0.4, -0.2) is 62.5 Å². The van der Waals surface area contributed by atoms with Gasteiger partial charge in [-0.25, -0.2) is 0 Å². The Morgan fingerprint density at radius 3 is 2.55 bits per heavy atom. The standard InChI is InChI=1S/C16H30N2O2/c1-13-8-18(9-14(2)20-13)11-16(6-3-7-19-12-16)10-17-15-4-5-15/h13-15,17H,3-12H2,1-2H3/t13-,14+,16?. The summed E-state index contributed by atoms with van der Waals surface area (Å²) in [6, 6.07) is 0.788. The van der Waals surface area contributed by atoms with Crippen molar-refractivity contribution in [3.05, 3.63) is 0 Å². The van der Waals surface area contributed by atoms with E-state index in [1.807, 2.05) is 0 Å². The molecule has 1 unspecified atom stereocenters. The molecule has 3 aliphatic rings. The van der Waals surface area contributed by atoms with Gasteiger partial charge >= 0.3 is 0 Å². The Morgan fingerprint density at radius 1 is 1.20 bits per heavy atom. The third-order valence-electron chi connectivity index (χ3n) is 4.80. The smallest absolute Gasteiger partial charge is 0.0678 e. The summed E-state index contributed by atoms with van der Waals surface area (Å²) >= 11 is 0. The lowest BCUT2D eigenvalue weighted by Crippen LogP contribution is -2.54. The Bertz CT molecular complexity index is 304. The van der Waals surface area contributed by atoms with Crippen molar-refractivity contribution in [2.45, 2.75) is 57.8 Å². The number of nitrogens with one attached hydrogen (secondary N) is 1. The van der Waals surface area contributed by atoms with Crippen LogP contribution in [0, 0.1) is 5.41 Å². The van der Waals surface area contributed by atoms with E-state index in [9.17, 15) is 0 Å². The molecule has 0 radical (unpaired) electrons. The zero-order valence-electron chi connectivity index (χ0n) is 13.1. The van der Waals surface area contributed by atoms with Crippen molar-refractivity contribution in [2.75, 3.05) is 39.4 Å². The second-order valence-corrected chi connectivity index (χ2v) is 7.26. The largest absolute Gasteiger partial charge is 0.381 e. The predicted octanol–water partition coefficient (Wildman–Crippen LogP) is 1.64. The van der Waals surface area contributed by atoms with Crippen molar-refractivity contribution in [1.29, 1.82) is 0 Å². The van der Waals surface area contributed by atoms with Crippen molar-refractivity contribution in [3.8, 4) is 0 Å². The van der Waals surface area contributed by atoms with E-state index in [1.54, 1.807) is 0 Å². The van der Waals surface area contributed by atoms with E-state index in [0.29, 0.717) is 17.6 Å². The average molecular weight is 282 g/mol. The molecule has 0 aromatic carbocycles. The Balaban J connectivity index is 1.59. The summed E-state index contributed by atoms with van der Waals surface area (Å²) in [5.41, 5.74) is 0.317. The summed E-state index contributed by atoms with van der Waals surface area (Å²) in [5.74, 6) is 0. The third-order valence-corrected chi connectivity index (χ3v) is 4.80. The fourth-order valence-corrected chi connectivity index (χ4v) is 3.77. The van der Waals surface area contributed by atoms with Gasteiger partial charge in [0.15, 0.2) is 0 Å². The molecule has 1 saturated carbocycles. The molecule has 3 atom stereocenters. The minimum atomic E-state index is 0.317. The molecule has 0 bridgehead atoms. The molecule has 4 nitrogen and oxygen atoms in total. The molecule has 0 aromatic rings. The minimum Gasteiger partial charge on any atom is -0.381 e. The van der Waals surface area contributed by atoms with Crippen molar-refractivity contribution in [2.24, 2.45) is 5.41 Å². The average Bonchev–Trinajstić information content (AvgIpc) is 3.20. The van der Waals surface area contributed by atoms with Gasteiger partial charge in [-0.2, -0.15) is 0 Å². The summed E-state index contributed by atoms with van der Waals surface area (Å²) in [6.07, 6.45) is 5.95. The molecule has 1 N–H and O–H groups in total. The highest BCUT2D eigenvalue weighted by Gasteiger charge is 2.37. The van der Waals surface area contributed by atoms with Gasteiger partial charge in [-0.05, 0) is 39.5 Å². The lowest BCUT2D eigenvalue weighted by molar-refractivity contribution is -0.0931. The number of hydrogen-bond donors (Lipinski definition) is 1. The molecule has 4 heteroatoms. The van der Waals surface area contributed by atoms with E-state index in [-0.39, 0.29) is 0 Å². The molecule has 3 fully saturated rings. The maximum absolute atomic E-state index is 5.86. The van der Waals surface area contributed by atoms with Crippen molar-refractivity contribution in [3.63, 3.8) is 0 Å². The Hall–Kier alpha value is -0.160. The molecule has 0 spiro atoms. The molecule has 3 rings (SSSR count). The summed E-state index contributed by atoms with van der Waals surface area (Å²) in [6.45, 7) is 10.7. The third kappa shape index (κ3) is 3.94. The van der Waals surface area contributed by atoms with Crippen molar-refractivity contribution in [1.82, 2.24) is 10.2 Å². The first-order valence-corrected chi connectivity index (χ1v) is 8.34. The van der Waals surface area contributed by atoms with Crippen LogP contribution in [0.2, 0.25) is 0 Å². The fraction of sp³-hybridized carbons (Fsp3) is 1.00. The first-order valence-electron chi connectivity index (χ1n) is 8.34. The minimum absolute atomic E-state index is 0.317. The Morgan fingerprint density at radius 2 is 1.95 bits per heavy atom. The fourth-order valence-electron chi connectivity index (χ4n) is 3.77. The number of hydrogen-bond acceptors (Lipinski definition) is 4. The molecular weight excluding hydrogens is 252 g/mol. The van der Waals surface area contributed by atoms with E-state index in [4.69, 9.17) is 9.47 Å². The van der Waals surface area contributed by atoms with E-state index in [2.05, 4.69) is 24.1 Å². The van der Waals surface area contributed by atoms with Crippen molar-refractivity contribution < 1.29 is 9.47 Å². The molecule has 2 saturated heterocycles. The maximum atomic E-state index is 5.86. The lowest BCUT2D eigenvalue weighted by atomic mass is 9.81. The van der Waals surface area contributed by atoms with Gasteiger partial charge < -0.3 is 14.8 Å². The first-order chi connectivity index (χ1) is 9.65. The molecule has 1 aliphatic carbocycles. The highest BCUT2D eigenvalue weighted by atomic mass is 16.5. The molecular formula is C16H30N2O2. The van der Waals surface area contributed by atoms with Crippen LogP contribution in [0.25, 0.3) is 0 Å². The summed E-state index contributed by atoms with van der Waals surface area (Å²) in [5, 5.41) is 3.74. The van der Waals surface area contributed by atoms with Gasteiger partial charge in [-0.3, -0.25) is 4.90 Å². The second-order valence-electron chi connectivity index (χ2n) is 7.26. The summed E-state index contributed by atoms with van der Waals surface area (Å²) in [4.78, 5) is 2.60. The quantitative estimate of drug-likeness (QED) is 0.831. The zero-order chi connectivity index (χ0) is 14.0. The summed E-state index contributed by atoms with van der Waals surface area (Å²) < 4.78 is 11.7. The molecule has 0 aromatic heterocycles. The Labute approximate surface area is 123 Å². The topological polar surface area (TPSA) is 33.7 Å². The van der Waals surface area contributed by atoms with Gasteiger partial charge in [-0.1, -0.05) is 0 Å². The highest BCUT2D eigenvalue weighted by Crippen LogP contribution is 2.31. The number of morpholine rings is 1. The number of ether oxygens (including phenoxy) is 2. The zero-order valence-corrected chi connectivity index (χ0v) is 13.1. The second kappa shape index (κ2) is 6.30. The predicted molar refractivity (Wildman–Crippen MR) is 80.0 cm³/mol. The Kier molecular flexibility index (Phi) is 4.65. The number of nitrogens with zero attached hydrogens (tertiary/aromatic N) is 1. The van der Waals surface area contributed by atoms with Crippen LogP contribution in [0.3, 0.4) is 0 Å². The van der Waals surface area contributed by atoms with Gasteiger partial charge in [0.2, 0.25) is 0 Å². The number of rotatable bonds is 5. The molecule has 116 valence electrons. The van der Waals surface area contributed by atoms with E-state index in [0.717, 1.165) is 45.4 Å². The molecule has 2 heterocycles. The van der Waals surface area contributed by atoms with E-state index >= 15 is 0 Å². The summed E-state index contributed by atoms with van der Waals surface area (Å²) in [7, 11) is 0. The maximum Gasteiger partial charge on any atom is 0.0678 e. The van der Waals surface area contributed by atoms with E-state index < -0.39 is 0 Å². The van der Waals surface area contributed by atoms with Gasteiger partial charge in [0.05, 0.1) is 18.8 Å². The van der Waals surface area contributed by atoms with Crippen LogP contribution in [0.15, 0.2) is 0 Å². The SMILES string of the molecule is C[C@@H]1CN(CC2(CNC3CC3)CCCOC2)C[C@H](C)O1. The molecule has 20 heavy (non-hydrogen) atoms. The van der Waals surface area contributed by atoms with Crippen LogP contribution >= 0.6 is 0 Å².